The summed E-state index contributed by atoms with van der Waals surface area (Å²) in [5.74, 6) is -0.0760. The Morgan fingerprint density at radius 2 is 2.11 bits per heavy atom. The van der Waals surface area contributed by atoms with Gasteiger partial charge in [-0.25, -0.2) is 0 Å². The lowest BCUT2D eigenvalue weighted by atomic mass is 9.94. The van der Waals surface area contributed by atoms with Crippen molar-refractivity contribution in [1.82, 2.24) is 0 Å². The van der Waals surface area contributed by atoms with Crippen LogP contribution in [0.15, 0.2) is 0 Å². The Morgan fingerprint density at radius 3 is 2.56 bits per heavy atom. The Kier molecular flexibility index (Phi) is 1.62. The summed E-state index contributed by atoms with van der Waals surface area (Å²) in [7, 11) is 0. The summed E-state index contributed by atoms with van der Waals surface area (Å²) < 4.78 is 0. The normalized spacial score (nSPS) is 28.8. The van der Waals surface area contributed by atoms with E-state index in [0.717, 1.165) is 0 Å². The Balaban J connectivity index is 2.54. The predicted octanol–water partition coefficient (Wildman–Crippen LogP) is -0.364. The summed E-state index contributed by atoms with van der Waals surface area (Å²) in [6.45, 7) is 0. The third kappa shape index (κ3) is 1.36. The lowest BCUT2D eigenvalue weighted by Crippen LogP contribution is -2.36. The van der Waals surface area contributed by atoms with Gasteiger partial charge >= 0.3 is 0 Å². The van der Waals surface area contributed by atoms with Crippen molar-refractivity contribution < 1.29 is 9.59 Å². The zero-order chi connectivity index (χ0) is 6.85. The van der Waals surface area contributed by atoms with Crippen LogP contribution in [0.5, 0.6) is 0 Å². The van der Waals surface area contributed by atoms with Crippen molar-refractivity contribution in [2.24, 2.45) is 5.73 Å². The van der Waals surface area contributed by atoms with Crippen LogP contribution in [-0.4, -0.2) is 17.6 Å². The van der Waals surface area contributed by atoms with Crippen LogP contribution < -0.4 is 5.73 Å². The lowest BCUT2D eigenvalue weighted by Gasteiger charge is -2.13. The van der Waals surface area contributed by atoms with Gasteiger partial charge in [-0.15, -0.1) is 0 Å². The number of ketones is 2. The van der Waals surface area contributed by atoms with Gasteiger partial charge in [-0.2, -0.15) is 0 Å². The first-order valence-electron chi connectivity index (χ1n) is 3.00. The summed E-state index contributed by atoms with van der Waals surface area (Å²) in [6, 6.07) is -0.373. The molecule has 1 aliphatic rings. The van der Waals surface area contributed by atoms with Crippen molar-refractivity contribution in [3.8, 4) is 0 Å². The van der Waals surface area contributed by atoms with Gasteiger partial charge in [0.1, 0.15) is 5.78 Å². The van der Waals surface area contributed by atoms with E-state index in [-0.39, 0.29) is 24.0 Å². The molecule has 0 saturated heterocycles. The molecular weight excluding hydrogens is 118 g/mol. The average Bonchev–Trinajstić information content (AvgIpc) is 1.80. The van der Waals surface area contributed by atoms with Gasteiger partial charge in [0.15, 0.2) is 5.78 Å². The van der Waals surface area contributed by atoms with Gasteiger partial charge in [0.2, 0.25) is 0 Å². The maximum absolute atomic E-state index is 10.7. The van der Waals surface area contributed by atoms with Crippen LogP contribution in [0, 0.1) is 0 Å². The lowest BCUT2D eigenvalue weighted by molar-refractivity contribution is -0.130. The van der Waals surface area contributed by atoms with Crippen LogP contribution in [0.2, 0.25) is 0 Å². The Bertz CT molecular complexity index is 153. The minimum Gasteiger partial charge on any atom is -0.321 e. The van der Waals surface area contributed by atoms with E-state index in [1.807, 2.05) is 0 Å². The van der Waals surface area contributed by atoms with Crippen LogP contribution in [0.25, 0.3) is 0 Å². The molecule has 0 radical (unpaired) electrons. The minimum atomic E-state index is -0.373. The van der Waals surface area contributed by atoms with Gasteiger partial charge in [-0.05, 0) is 6.42 Å². The fraction of sp³-hybridized carbons (Fsp3) is 0.667. The monoisotopic (exact) mass is 127 g/mol. The van der Waals surface area contributed by atoms with Crippen LogP contribution >= 0.6 is 0 Å². The highest BCUT2D eigenvalue weighted by atomic mass is 16.1. The summed E-state index contributed by atoms with van der Waals surface area (Å²) in [5.41, 5.74) is 5.34. The average molecular weight is 127 g/mol. The maximum atomic E-state index is 10.7. The van der Waals surface area contributed by atoms with Crippen LogP contribution in [0.3, 0.4) is 0 Å². The molecule has 0 spiro atoms. The van der Waals surface area contributed by atoms with Crippen molar-refractivity contribution in [1.29, 1.82) is 0 Å². The zero-order valence-corrected chi connectivity index (χ0v) is 5.09. The summed E-state index contributed by atoms with van der Waals surface area (Å²) in [4.78, 5) is 21.2. The number of hydrogen-bond acceptors (Lipinski definition) is 3. The molecule has 1 aliphatic carbocycles. The first kappa shape index (κ1) is 6.42. The third-order valence-corrected chi connectivity index (χ3v) is 1.52. The largest absolute Gasteiger partial charge is 0.321 e. The highest BCUT2D eigenvalue weighted by Gasteiger charge is 2.22. The van der Waals surface area contributed by atoms with E-state index < -0.39 is 0 Å². The zero-order valence-electron chi connectivity index (χ0n) is 5.09. The van der Waals surface area contributed by atoms with E-state index in [0.29, 0.717) is 12.8 Å². The molecule has 1 saturated carbocycles. The molecule has 0 aromatic rings. The fourth-order valence-corrected chi connectivity index (χ4v) is 0.891. The van der Waals surface area contributed by atoms with Gasteiger partial charge in [-0.1, -0.05) is 0 Å². The second kappa shape index (κ2) is 2.27. The fourth-order valence-electron chi connectivity index (χ4n) is 0.891. The SMILES string of the molecule is N[C@H]1CCC(=O)CC1=O. The minimum absolute atomic E-state index is 0.0294. The molecule has 3 heteroatoms. The smallest absolute Gasteiger partial charge is 0.156 e. The first-order valence-corrected chi connectivity index (χ1v) is 3.00. The van der Waals surface area contributed by atoms with Crippen molar-refractivity contribution in [2.45, 2.75) is 25.3 Å². The van der Waals surface area contributed by atoms with Crippen LogP contribution in [0.4, 0.5) is 0 Å². The van der Waals surface area contributed by atoms with Crippen molar-refractivity contribution in [3.63, 3.8) is 0 Å². The van der Waals surface area contributed by atoms with Crippen molar-refractivity contribution in [3.05, 3.63) is 0 Å². The Hall–Kier alpha value is -0.700. The molecule has 3 nitrogen and oxygen atoms in total. The molecule has 1 rings (SSSR count). The van der Waals surface area contributed by atoms with Gasteiger partial charge in [0, 0.05) is 6.42 Å². The number of nitrogens with two attached hydrogens (primary N) is 1. The van der Waals surface area contributed by atoms with E-state index in [1.54, 1.807) is 0 Å². The van der Waals surface area contributed by atoms with Crippen LogP contribution in [-0.2, 0) is 9.59 Å². The molecule has 0 aromatic carbocycles. The van der Waals surface area contributed by atoms with Gasteiger partial charge < -0.3 is 5.73 Å². The molecule has 0 aliphatic heterocycles. The standard InChI is InChI=1S/C6H9NO2/c7-5-2-1-4(8)3-6(5)9/h5H,1-3,7H2/t5-/m0/s1. The van der Waals surface area contributed by atoms with E-state index >= 15 is 0 Å². The number of Topliss-reactive ketones (excluding diaryl/α,β-unsaturated/α-hetero) is 2. The second-order valence-electron chi connectivity index (χ2n) is 2.33. The van der Waals surface area contributed by atoms with E-state index in [9.17, 15) is 9.59 Å². The molecule has 1 atom stereocenters. The summed E-state index contributed by atoms with van der Waals surface area (Å²) >= 11 is 0. The third-order valence-electron chi connectivity index (χ3n) is 1.52. The maximum Gasteiger partial charge on any atom is 0.156 e. The van der Waals surface area contributed by atoms with Crippen molar-refractivity contribution >= 4 is 11.6 Å². The van der Waals surface area contributed by atoms with Crippen molar-refractivity contribution in [2.75, 3.05) is 0 Å². The number of carbonyl (C=O) groups excluding carboxylic acids is 2. The van der Waals surface area contributed by atoms with E-state index in [1.165, 1.54) is 0 Å². The highest BCUT2D eigenvalue weighted by Crippen LogP contribution is 2.08. The quantitative estimate of drug-likeness (QED) is 0.452. The molecule has 50 valence electrons. The first-order chi connectivity index (χ1) is 4.20. The van der Waals surface area contributed by atoms with E-state index in [4.69, 9.17) is 5.73 Å². The molecule has 0 unspecified atom stereocenters. The Morgan fingerprint density at radius 1 is 1.44 bits per heavy atom. The molecule has 9 heavy (non-hydrogen) atoms. The Labute approximate surface area is 53.2 Å². The molecule has 0 bridgehead atoms. The molecule has 0 amide bonds. The molecule has 1 fully saturated rings. The van der Waals surface area contributed by atoms with Gasteiger partial charge in [-0.3, -0.25) is 9.59 Å². The summed E-state index contributed by atoms with van der Waals surface area (Å²) in [5, 5.41) is 0. The van der Waals surface area contributed by atoms with E-state index in [2.05, 4.69) is 0 Å². The van der Waals surface area contributed by atoms with Gasteiger partial charge in [0.05, 0.1) is 12.5 Å². The summed E-state index contributed by atoms with van der Waals surface area (Å²) in [6.07, 6.45) is 1.08. The molecule has 2 N–H and O–H groups in total. The highest BCUT2D eigenvalue weighted by molar-refractivity contribution is 6.03. The van der Waals surface area contributed by atoms with Gasteiger partial charge in [0.25, 0.3) is 0 Å². The topological polar surface area (TPSA) is 60.2 Å². The second-order valence-corrected chi connectivity index (χ2v) is 2.33. The molecule has 0 aromatic heterocycles. The number of rotatable bonds is 0. The molecule has 0 heterocycles. The molecular formula is C6H9NO2. The number of carbonyl (C=O) groups is 2. The van der Waals surface area contributed by atoms with Crippen LogP contribution in [0.1, 0.15) is 19.3 Å². The predicted molar refractivity (Wildman–Crippen MR) is 31.8 cm³/mol. The number of hydrogen-bond donors (Lipinski definition) is 1.